The van der Waals surface area contributed by atoms with Crippen LogP contribution in [0.2, 0.25) is 10.0 Å². The number of hydrogen-bond acceptors (Lipinski definition) is 2. The Kier molecular flexibility index (Phi) is 4.66. The van der Waals surface area contributed by atoms with E-state index in [0.717, 1.165) is 18.5 Å². The Balaban J connectivity index is 2.59. The van der Waals surface area contributed by atoms with E-state index in [9.17, 15) is 4.79 Å². The highest BCUT2D eigenvalue weighted by Gasteiger charge is 2.12. The molecule has 0 amide bonds. The number of benzene rings is 1. The number of nitrogens with one attached hydrogen (secondary N) is 1. The van der Waals surface area contributed by atoms with Gasteiger partial charge in [-0.3, -0.25) is 4.79 Å². The molecular formula is C13H11BrCl2N2O. The fraction of sp³-hybridized carbons (Fsp3) is 0.231. The average molecular weight is 362 g/mol. The number of rotatable bonds is 3. The lowest BCUT2D eigenvalue weighted by molar-refractivity contribution is 0.861. The summed E-state index contributed by atoms with van der Waals surface area (Å²) in [6.07, 6.45) is 1.63. The van der Waals surface area contributed by atoms with E-state index in [2.05, 4.69) is 25.9 Å². The van der Waals surface area contributed by atoms with Gasteiger partial charge in [-0.15, -0.1) is 0 Å². The van der Waals surface area contributed by atoms with E-state index >= 15 is 0 Å². The zero-order chi connectivity index (χ0) is 14.0. The third-order valence-electron chi connectivity index (χ3n) is 2.60. The van der Waals surface area contributed by atoms with Crippen LogP contribution in [0.15, 0.2) is 27.5 Å². The van der Waals surface area contributed by atoms with E-state index in [1.807, 2.05) is 6.92 Å². The molecule has 19 heavy (non-hydrogen) atoms. The van der Waals surface area contributed by atoms with Crippen molar-refractivity contribution in [1.29, 1.82) is 0 Å². The SMILES string of the molecule is CCCc1nc(-c2ccc(Cl)cc2Cl)[nH]c(=O)c1Br. The number of halogens is 3. The number of H-pyrrole nitrogens is 1. The molecule has 0 radical (unpaired) electrons. The molecule has 0 aliphatic carbocycles. The smallest absolute Gasteiger partial charge is 0.265 e. The number of aromatic nitrogens is 2. The standard InChI is InChI=1S/C13H11BrCl2N2O/c1-2-3-10-11(14)13(19)18-12(17-10)8-5-4-7(15)6-9(8)16/h4-6H,2-3H2,1H3,(H,17,18,19). The van der Waals surface area contributed by atoms with Crippen LogP contribution < -0.4 is 5.56 Å². The van der Waals surface area contributed by atoms with Crippen molar-refractivity contribution in [3.05, 3.63) is 48.8 Å². The molecule has 1 aromatic carbocycles. The van der Waals surface area contributed by atoms with Crippen LogP contribution in [0.25, 0.3) is 11.4 Å². The molecule has 6 heteroatoms. The second-order valence-electron chi connectivity index (χ2n) is 4.05. The van der Waals surface area contributed by atoms with E-state index in [4.69, 9.17) is 23.2 Å². The topological polar surface area (TPSA) is 45.8 Å². The molecule has 2 rings (SSSR count). The Morgan fingerprint density at radius 2 is 2.11 bits per heavy atom. The van der Waals surface area contributed by atoms with Crippen molar-refractivity contribution < 1.29 is 0 Å². The molecule has 0 aliphatic rings. The van der Waals surface area contributed by atoms with Crippen LogP contribution in [0.5, 0.6) is 0 Å². The van der Waals surface area contributed by atoms with E-state index in [1.165, 1.54) is 0 Å². The molecule has 0 aliphatic heterocycles. The van der Waals surface area contributed by atoms with Crippen molar-refractivity contribution in [3.8, 4) is 11.4 Å². The molecule has 0 bridgehead atoms. The Bertz CT molecular complexity index is 670. The van der Waals surface area contributed by atoms with Gasteiger partial charge in [0.2, 0.25) is 0 Å². The van der Waals surface area contributed by atoms with E-state index < -0.39 is 0 Å². The molecule has 0 saturated heterocycles. The summed E-state index contributed by atoms with van der Waals surface area (Å²) in [5.74, 6) is 0.457. The van der Waals surface area contributed by atoms with Gasteiger partial charge in [0.1, 0.15) is 10.3 Å². The molecular weight excluding hydrogens is 351 g/mol. The van der Waals surface area contributed by atoms with E-state index in [-0.39, 0.29) is 5.56 Å². The molecule has 0 spiro atoms. The molecule has 0 saturated carbocycles. The summed E-state index contributed by atoms with van der Waals surface area (Å²) < 4.78 is 0.475. The third kappa shape index (κ3) is 3.19. The number of hydrogen-bond donors (Lipinski definition) is 1. The first kappa shape index (κ1) is 14.6. The summed E-state index contributed by atoms with van der Waals surface area (Å²) in [7, 11) is 0. The molecule has 3 nitrogen and oxygen atoms in total. The highest BCUT2D eigenvalue weighted by molar-refractivity contribution is 9.10. The van der Waals surface area contributed by atoms with Crippen molar-refractivity contribution in [3.63, 3.8) is 0 Å². The zero-order valence-corrected chi connectivity index (χ0v) is 13.2. The van der Waals surface area contributed by atoms with Crippen LogP contribution in [-0.2, 0) is 6.42 Å². The Morgan fingerprint density at radius 1 is 1.37 bits per heavy atom. The van der Waals surface area contributed by atoms with Gasteiger partial charge in [0, 0.05) is 10.6 Å². The van der Waals surface area contributed by atoms with Crippen LogP contribution in [0.4, 0.5) is 0 Å². The van der Waals surface area contributed by atoms with E-state index in [1.54, 1.807) is 18.2 Å². The first-order chi connectivity index (χ1) is 9.02. The third-order valence-corrected chi connectivity index (χ3v) is 3.97. The van der Waals surface area contributed by atoms with Gasteiger partial charge in [0.25, 0.3) is 5.56 Å². The van der Waals surface area contributed by atoms with Gasteiger partial charge in [-0.05, 0) is 40.5 Å². The summed E-state index contributed by atoms with van der Waals surface area (Å²) in [6, 6.07) is 5.08. The predicted octanol–water partition coefficient (Wildman–Crippen LogP) is 4.46. The van der Waals surface area contributed by atoms with Crippen LogP contribution in [0.1, 0.15) is 19.0 Å². The van der Waals surface area contributed by atoms with Crippen molar-refractivity contribution in [2.45, 2.75) is 19.8 Å². The van der Waals surface area contributed by atoms with Gasteiger partial charge in [-0.1, -0.05) is 36.5 Å². The second-order valence-corrected chi connectivity index (χ2v) is 5.69. The molecule has 0 fully saturated rings. The Morgan fingerprint density at radius 3 is 2.74 bits per heavy atom. The lowest BCUT2D eigenvalue weighted by Crippen LogP contribution is -2.13. The van der Waals surface area contributed by atoms with Crippen LogP contribution >= 0.6 is 39.1 Å². The first-order valence-electron chi connectivity index (χ1n) is 5.77. The summed E-state index contributed by atoms with van der Waals surface area (Å²) in [6.45, 7) is 2.03. The summed E-state index contributed by atoms with van der Waals surface area (Å²) in [4.78, 5) is 19.0. The van der Waals surface area contributed by atoms with Gasteiger partial charge in [0.05, 0.1) is 10.7 Å². The number of aryl methyl sites for hydroxylation is 1. The minimum absolute atomic E-state index is 0.209. The van der Waals surface area contributed by atoms with Crippen LogP contribution in [-0.4, -0.2) is 9.97 Å². The molecule has 0 atom stereocenters. The average Bonchev–Trinajstić information content (AvgIpc) is 2.35. The first-order valence-corrected chi connectivity index (χ1v) is 7.32. The van der Waals surface area contributed by atoms with Gasteiger partial charge in [-0.2, -0.15) is 0 Å². The van der Waals surface area contributed by atoms with Crippen molar-refractivity contribution in [1.82, 2.24) is 9.97 Å². The largest absolute Gasteiger partial charge is 0.305 e. The molecule has 1 N–H and O–H groups in total. The Labute approximate surface area is 129 Å². The second kappa shape index (κ2) is 6.07. The number of nitrogens with zero attached hydrogens (tertiary/aromatic N) is 1. The Hall–Kier alpha value is -0.840. The maximum absolute atomic E-state index is 11.9. The molecule has 1 aromatic heterocycles. The number of aromatic amines is 1. The van der Waals surface area contributed by atoms with Gasteiger partial charge in [0.15, 0.2) is 0 Å². The fourth-order valence-corrected chi connectivity index (χ4v) is 2.60. The van der Waals surface area contributed by atoms with Gasteiger partial charge >= 0.3 is 0 Å². The minimum atomic E-state index is -0.209. The summed E-state index contributed by atoms with van der Waals surface area (Å²) >= 11 is 15.2. The predicted molar refractivity (Wildman–Crippen MR) is 82.0 cm³/mol. The zero-order valence-electron chi connectivity index (χ0n) is 10.1. The lowest BCUT2D eigenvalue weighted by atomic mass is 10.2. The highest BCUT2D eigenvalue weighted by Crippen LogP contribution is 2.28. The fourth-order valence-electron chi connectivity index (χ4n) is 1.72. The normalized spacial score (nSPS) is 10.7. The lowest BCUT2D eigenvalue weighted by Gasteiger charge is -2.07. The molecule has 1 heterocycles. The maximum atomic E-state index is 11.9. The summed E-state index contributed by atoms with van der Waals surface area (Å²) in [5, 5.41) is 1.00. The molecule has 100 valence electrons. The highest BCUT2D eigenvalue weighted by atomic mass is 79.9. The van der Waals surface area contributed by atoms with Crippen LogP contribution in [0.3, 0.4) is 0 Å². The minimum Gasteiger partial charge on any atom is -0.305 e. The monoisotopic (exact) mass is 360 g/mol. The van der Waals surface area contributed by atoms with Crippen molar-refractivity contribution >= 4 is 39.1 Å². The maximum Gasteiger partial charge on any atom is 0.265 e. The summed E-state index contributed by atoms with van der Waals surface area (Å²) in [5.41, 5.74) is 1.18. The van der Waals surface area contributed by atoms with Crippen molar-refractivity contribution in [2.75, 3.05) is 0 Å². The molecule has 2 aromatic rings. The van der Waals surface area contributed by atoms with Gasteiger partial charge in [-0.25, -0.2) is 4.98 Å². The van der Waals surface area contributed by atoms with Crippen molar-refractivity contribution in [2.24, 2.45) is 0 Å². The quantitative estimate of drug-likeness (QED) is 0.877. The molecule has 0 unspecified atom stereocenters. The van der Waals surface area contributed by atoms with Crippen LogP contribution in [0, 0.1) is 0 Å². The van der Waals surface area contributed by atoms with E-state index in [0.29, 0.717) is 25.9 Å². The van der Waals surface area contributed by atoms with Gasteiger partial charge < -0.3 is 4.98 Å².